The lowest BCUT2D eigenvalue weighted by Crippen LogP contribution is -2.31. The van der Waals surface area contributed by atoms with Gasteiger partial charge in [0.05, 0.1) is 19.1 Å². The second kappa shape index (κ2) is 8.41. The number of nitrogens with one attached hydrogen (secondary N) is 1. The molecule has 7 nitrogen and oxygen atoms in total. The quantitative estimate of drug-likeness (QED) is 0.477. The molecule has 4 rings (SSSR count). The van der Waals surface area contributed by atoms with Crippen molar-refractivity contribution in [3.05, 3.63) is 84.4 Å². The third-order valence-electron chi connectivity index (χ3n) is 5.13. The minimum atomic E-state index is -3.87. The van der Waals surface area contributed by atoms with Crippen molar-refractivity contribution in [3.8, 4) is 11.5 Å². The van der Waals surface area contributed by atoms with Crippen LogP contribution in [0.15, 0.2) is 78.0 Å². The molecule has 3 aromatic carbocycles. The van der Waals surface area contributed by atoms with Crippen molar-refractivity contribution in [2.24, 2.45) is 7.05 Å². The molecule has 0 aliphatic rings. The first-order valence-corrected chi connectivity index (χ1v) is 11.1. The zero-order chi connectivity index (χ0) is 22.0. The summed E-state index contributed by atoms with van der Waals surface area (Å²) in [6.07, 6.45) is 3.40. The first-order valence-electron chi connectivity index (χ1n) is 9.62. The molecule has 1 aromatic heterocycles. The van der Waals surface area contributed by atoms with E-state index in [0.29, 0.717) is 22.9 Å². The lowest BCUT2D eigenvalue weighted by Gasteiger charge is -2.20. The summed E-state index contributed by atoms with van der Waals surface area (Å²) in [5.41, 5.74) is 0.648. The monoisotopic (exact) mass is 437 g/mol. The lowest BCUT2D eigenvalue weighted by atomic mass is 10.1. The Morgan fingerprint density at radius 1 is 0.935 bits per heavy atom. The fourth-order valence-corrected chi connectivity index (χ4v) is 4.70. The van der Waals surface area contributed by atoms with E-state index in [2.05, 4.69) is 9.71 Å². The molecule has 0 fully saturated rings. The van der Waals surface area contributed by atoms with E-state index < -0.39 is 16.1 Å². The smallest absolute Gasteiger partial charge is 0.241 e. The number of benzene rings is 3. The van der Waals surface area contributed by atoms with Crippen molar-refractivity contribution in [2.45, 2.75) is 10.9 Å². The number of nitrogens with zero attached hydrogens (tertiary/aromatic N) is 2. The Hall–Kier alpha value is -3.36. The molecule has 0 bridgehead atoms. The van der Waals surface area contributed by atoms with Crippen molar-refractivity contribution in [1.29, 1.82) is 0 Å². The van der Waals surface area contributed by atoms with Crippen molar-refractivity contribution < 1.29 is 17.9 Å². The zero-order valence-electron chi connectivity index (χ0n) is 17.4. The van der Waals surface area contributed by atoms with Crippen molar-refractivity contribution >= 4 is 20.8 Å². The highest BCUT2D eigenvalue weighted by molar-refractivity contribution is 7.89. The summed E-state index contributed by atoms with van der Waals surface area (Å²) in [6.45, 7) is 0. The van der Waals surface area contributed by atoms with Gasteiger partial charge in [-0.1, -0.05) is 30.3 Å². The molecule has 0 amide bonds. The van der Waals surface area contributed by atoms with Gasteiger partial charge in [-0.25, -0.2) is 13.4 Å². The second-order valence-electron chi connectivity index (χ2n) is 7.11. The Balaban J connectivity index is 1.80. The van der Waals surface area contributed by atoms with Crippen LogP contribution in [0.25, 0.3) is 10.8 Å². The average molecular weight is 438 g/mol. The normalized spacial score (nSPS) is 12.6. The molecule has 8 heteroatoms. The number of ether oxygens (including phenoxy) is 2. The van der Waals surface area contributed by atoms with Gasteiger partial charge in [0.1, 0.15) is 23.4 Å². The molecule has 31 heavy (non-hydrogen) atoms. The van der Waals surface area contributed by atoms with Gasteiger partial charge in [-0.15, -0.1) is 0 Å². The van der Waals surface area contributed by atoms with Crippen molar-refractivity contribution in [1.82, 2.24) is 14.3 Å². The van der Waals surface area contributed by atoms with Crippen LogP contribution >= 0.6 is 0 Å². The van der Waals surface area contributed by atoms with Gasteiger partial charge in [-0.05, 0) is 40.6 Å². The third-order valence-corrected chi connectivity index (χ3v) is 6.55. The number of aromatic nitrogens is 2. The van der Waals surface area contributed by atoms with Gasteiger partial charge in [-0.3, -0.25) is 0 Å². The van der Waals surface area contributed by atoms with Gasteiger partial charge in [0.15, 0.2) is 0 Å². The maximum absolute atomic E-state index is 13.4. The van der Waals surface area contributed by atoms with Crippen LogP contribution in [0.1, 0.15) is 17.4 Å². The number of imidazole rings is 1. The number of hydrogen-bond donors (Lipinski definition) is 1. The SMILES string of the molecule is COc1cc(OC)cc(C(NS(=O)(=O)c2ccc3ccccc3c2)c2nccn2C)c1. The summed E-state index contributed by atoms with van der Waals surface area (Å²) in [7, 11) is 1.05. The molecule has 1 heterocycles. The standard InChI is InChI=1S/C23H23N3O4S/c1-26-11-10-24-23(26)22(18-12-19(29-2)15-20(13-18)30-3)25-31(27,28)21-9-8-16-6-4-5-7-17(16)14-21/h4-15,22,25H,1-3H3. The van der Waals surface area contributed by atoms with E-state index >= 15 is 0 Å². The minimum absolute atomic E-state index is 0.181. The molecule has 0 radical (unpaired) electrons. The highest BCUT2D eigenvalue weighted by Crippen LogP contribution is 2.31. The van der Waals surface area contributed by atoms with E-state index in [1.807, 2.05) is 31.3 Å². The highest BCUT2D eigenvalue weighted by atomic mass is 32.2. The van der Waals surface area contributed by atoms with Crippen LogP contribution in [0.4, 0.5) is 0 Å². The first-order chi connectivity index (χ1) is 14.9. The van der Waals surface area contributed by atoms with Gasteiger partial charge < -0.3 is 14.0 Å². The van der Waals surface area contributed by atoms with Crippen LogP contribution in [-0.4, -0.2) is 32.2 Å². The van der Waals surface area contributed by atoms with Crippen molar-refractivity contribution in [3.63, 3.8) is 0 Å². The van der Waals surface area contributed by atoms with Crippen LogP contribution in [0.2, 0.25) is 0 Å². The first kappa shape index (κ1) is 20.9. The molecular weight excluding hydrogens is 414 g/mol. The van der Waals surface area contributed by atoms with E-state index in [9.17, 15) is 8.42 Å². The highest BCUT2D eigenvalue weighted by Gasteiger charge is 2.27. The fraction of sp³-hybridized carbons (Fsp3) is 0.174. The predicted molar refractivity (Wildman–Crippen MR) is 119 cm³/mol. The Bertz CT molecular complexity index is 1310. The van der Waals surface area contributed by atoms with E-state index in [0.717, 1.165) is 10.8 Å². The molecule has 160 valence electrons. The summed E-state index contributed by atoms with van der Waals surface area (Å²) in [5, 5.41) is 1.82. The van der Waals surface area contributed by atoms with Gasteiger partial charge in [0, 0.05) is 25.5 Å². The average Bonchev–Trinajstić information content (AvgIpc) is 3.22. The Morgan fingerprint density at radius 3 is 2.23 bits per heavy atom. The number of rotatable bonds is 7. The van der Waals surface area contributed by atoms with Crippen molar-refractivity contribution in [2.75, 3.05) is 14.2 Å². The molecule has 4 aromatic rings. The van der Waals surface area contributed by atoms with E-state index in [-0.39, 0.29) is 4.90 Å². The van der Waals surface area contributed by atoms with E-state index in [1.54, 1.807) is 67.6 Å². The minimum Gasteiger partial charge on any atom is -0.497 e. The van der Waals surface area contributed by atoms with Crippen LogP contribution in [-0.2, 0) is 17.1 Å². The zero-order valence-corrected chi connectivity index (χ0v) is 18.3. The molecule has 0 spiro atoms. The van der Waals surface area contributed by atoms with E-state index in [1.165, 1.54) is 0 Å². The molecule has 0 saturated carbocycles. The maximum atomic E-state index is 13.4. The third kappa shape index (κ3) is 4.26. The topological polar surface area (TPSA) is 82.4 Å². The number of aryl methyl sites for hydroxylation is 1. The predicted octanol–water partition coefficient (Wildman–Crippen LogP) is 3.66. The number of hydrogen-bond acceptors (Lipinski definition) is 5. The summed E-state index contributed by atoms with van der Waals surface area (Å²) >= 11 is 0. The largest absolute Gasteiger partial charge is 0.497 e. The Labute approximate surface area is 181 Å². The van der Waals surface area contributed by atoms with Crippen LogP contribution in [0, 0.1) is 0 Å². The number of methoxy groups -OCH3 is 2. The number of sulfonamides is 1. The second-order valence-corrected chi connectivity index (χ2v) is 8.82. The summed E-state index contributed by atoms with van der Waals surface area (Å²) in [4.78, 5) is 4.57. The van der Waals surface area contributed by atoms with Gasteiger partial charge >= 0.3 is 0 Å². The summed E-state index contributed by atoms with van der Waals surface area (Å²) < 4.78 is 42.1. The molecule has 1 N–H and O–H groups in total. The molecular formula is C23H23N3O4S. The van der Waals surface area contributed by atoms with E-state index in [4.69, 9.17) is 9.47 Å². The lowest BCUT2D eigenvalue weighted by molar-refractivity contribution is 0.392. The molecule has 0 saturated heterocycles. The fourth-order valence-electron chi connectivity index (χ4n) is 3.48. The summed E-state index contributed by atoms with van der Waals surface area (Å²) in [6, 6.07) is 17.2. The Morgan fingerprint density at radius 2 is 1.61 bits per heavy atom. The summed E-state index contributed by atoms with van der Waals surface area (Å²) in [5.74, 6) is 1.65. The Kier molecular flexibility index (Phi) is 5.67. The molecule has 1 atom stereocenters. The number of fused-ring (bicyclic) bond motifs is 1. The van der Waals surface area contributed by atoms with Gasteiger partial charge in [0.25, 0.3) is 0 Å². The van der Waals surface area contributed by atoms with Crippen LogP contribution < -0.4 is 14.2 Å². The maximum Gasteiger partial charge on any atom is 0.241 e. The van der Waals surface area contributed by atoms with Gasteiger partial charge in [0.2, 0.25) is 10.0 Å². The molecule has 0 aliphatic carbocycles. The molecule has 1 unspecified atom stereocenters. The van der Waals surface area contributed by atoms with Gasteiger partial charge in [-0.2, -0.15) is 4.72 Å². The molecule has 0 aliphatic heterocycles. The van der Waals surface area contributed by atoms with Crippen LogP contribution in [0.5, 0.6) is 11.5 Å². The van der Waals surface area contributed by atoms with Crippen LogP contribution in [0.3, 0.4) is 0 Å².